The van der Waals surface area contributed by atoms with Crippen LogP contribution in [0, 0.1) is 12.7 Å². The van der Waals surface area contributed by atoms with Crippen LogP contribution < -0.4 is 9.46 Å². The summed E-state index contributed by atoms with van der Waals surface area (Å²) in [7, 11) is -3.71. The van der Waals surface area contributed by atoms with Gasteiger partial charge in [0.15, 0.2) is 0 Å². The average molecular weight is 378 g/mol. The van der Waals surface area contributed by atoms with Gasteiger partial charge >= 0.3 is 0 Å². The van der Waals surface area contributed by atoms with Gasteiger partial charge in [-0.15, -0.1) is 0 Å². The zero-order valence-corrected chi connectivity index (χ0v) is 14.9. The van der Waals surface area contributed by atoms with Crippen LogP contribution in [0.2, 0.25) is 0 Å². The molecule has 130 valence electrons. The smallest absolute Gasteiger partial charge is 0.278 e. The fourth-order valence-corrected chi connectivity index (χ4v) is 3.69. The Morgan fingerprint density at radius 1 is 1.20 bits per heavy atom. The summed E-state index contributed by atoms with van der Waals surface area (Å²) in [5.74, 6) is 0.186. The van der Waals surface area contributed by atoms with Gasteiger partial charge in [-0.3, -0.25) is 0 Å². The second-order valence-corrected chi connectivity index (χ2v) is 7.90. The molecule has 0 unspecified atom stereocenters. The van der Waals surface area contributed by atoms with Crippen molar-refractivity contribution in [3.05, 3.63) is 71.0 Å². The molecule has 8 heteroatoms. The first kappa shape index (κ1) is 17.5. The van der Waals surface area contributed by atoms with Gasteiger partial charge in [0.05, 0.1) is 4.90 Å². The molecule has 0 bridgehead atoms. The lowest BCUT2D eigenvalue weighted by atomic mass is 10.2. The highest BCUT2D eigenvalue weighted by atomic mass is 32.2. The predicted octanol–water partition coefficient (Wildman–Crippen LogP) is 3.86. The summed E-state index contributed by atoms with van der Waals surface area (Å²) in [5, 5.41) is 2.36. The minimum Gasteiger partial charge on any atom is -0.431 e. The van der Waals surface area contributed by atoms with Gasteiger partial charge in [0.1, 0.15) is 11.6 Å². The molecule has 1 aromatic heterocycles. The number of nitrogens with one attached hydrogen (secondary N) is 1. The molecule has 0 saturated heterocycles. The molecular formula is C17H15FN2O3S2. The van der Waals surface area contributed by atoms with Crippen LogP contribution in [0.1, 0.15) is 11.1 Å². The number of halogens is 1. The molecule has 0 atom stereocenters. The molecule has 1 N–H and O–H groups in total. The van der Waals surface area contributed by atoms with Gasteiger partial charge in [0.2, 0.25) is 10.0 Å². The van der Waals surface area contributed by atoms with Gasteiger partial charge in [0, 0.05) is 18.1 Å². The standard InChI is InChI=1S/C17H15FN2O3S2/c1-12-10-15(6-7-16(12)18)25(21,22)20-11-13-2-4-14(5-3-13)23-17-19-8-9-24-17/h2-10,20H,11H2,1H3. The van der Waals surface area contributed by atoms with Crippen LogP contribution in [0.25, 0.3) is 0 Å². The van der Waals surface area contributed by atoms with Crippen molar-refractivity contribution in [2.24, 2.45) is 0 Å². The van der Waals surface area contributed by atoms with Gasteiger partial charge in [-0.2, -0.15) is 0 Å². The largest absolute Gasteiger partial charge is 0.431 e. The molecule has 0 spiro atoms. The number of aryl methyl sites for hydroxylation is 1. The maximum atomic E-state index is 13.3. The van der Waals surface area contributed by atoms with E-state index in [-0.39, 0.29) is 17.0 Å². The third-order valence-electron chi connectivity index (χ3n) is 3.44. The van der Waals surface area contributed by atoms with Crippen LogP contribution in [-0.4, -0.2) is 13.4 Å². The van der Waals surface area contributed by atoms with E-state index in [1.807, 2.05) is 5.38 Å². The van der Waals surface area contributed by atoms with E-state index in [1.54, 1.807) is 30.5 Å². The van der Waals surface area contributed by atoms with Crippen molar-refractivity contribution in [1.82, 2.24) is 9.71 Å². The predicted molar refractivity (Wildman–Crippen MR) is 93.8 cm³/mol. The summed E-state index contributed by atoms with van der Waals surface area (Å²) in [4.78, 5) is 4.06. The quantitative estimate of drug-likeness (QED) is 0.707. The van der Waals surface area contributed by atoms with Gasteiger partial charge in [-0.05, 0) is 48.4 Å². The van der Waals surface area contributed by atoms with E-state index in [1.165, 1.54) is 30.4 Å². The molecule has 5 nitrogen and oxygen atoms in total. The zero-order valence-electron chi connectivity index (χ0n) is 13.3. The molecule has 0 radical (unpaired) electrons. The Labute approximate surface area is 149 Å². The third kappa shape index (κ3) is 4.41. The molecule has 0 saturated carbocycles. The second kappa shape index (κ2) is 7.30. The van der Waals surface area contributed by atoms with Crippen molar-refractivity contribution in [3.8, 4) is 10.9 Å². The number of hydrogen-bond acceptors (Lipinski definition) is 5. The number of nitrogens with zero attached hydrogens (tertiary/aromatic N) is 1. The first-order valence-corrected chi connectivity index (χ1v) is 9.72. The Bertz CT molecular complexity index is 956. The molecule has 0 aliphatic rings. The Kier molecular flexibility index (Phi) is 5.12. The highest BCUT2D eigenvalue weighted by Crippen LogP contribution is 2.23. The SMILES string of the molecule is Cc1cc(S(=O)(=O)NCc2ccc(Oc3nccs3)cc2)ccc1F. The van der Waals surface area contributed by atoms with Crippen molar-refractivity contribution in [2.75, 3.05) is 0 Å². The normalized spacial score (nSPS) is 11.4. The van der Waals surface area contributed by atoms with E-state index in [0.29, 0.717) is 10.9 Å². The van der Waals surface area contributed by atoms with Crippen molar-refractivity contribution < 1.29 is 17.5 Å². The topological polar surface area (TPSA) is 68.3 Å². The maximum Gasteiger partial charge on any atom is 0.278 e. The maximum absolute atomic E-state index is 13.3. The fourth-order valence-electron chi connectivity index (χ4n) is 2.08. The number of thiazole rings is 1. The Hall–Kier alpha value is -2.29. The van der Waals surface area contributed by atoms with Crippen molar-refractivity contribution in [3.63, 3.8) is 0 Å². The summed E-state index contributed by atoms with van der Waals surface area (Å²) in [5.41, 5.74) is 1.06. The molecule has 0 aliphatic heterocycles. The highest BCUT2D eigenvalue weighted by Gasteiger charge is 2.15. The van der Waals surface area contributed by atoms with E-state index < -0.39 is 15.8 Å². The average Bonchev–Trinajstić information content (AvgIpc) is 3.10. The zero-order chi connectivity index (χ0) is 17.9. The van der Waals surface area contributed by atoms with Gasteiger partial charge in [-0.25, -0.2) is 22.5 Å². The van der Waals surface area contributed by atoms with Crippen molar-refractivity contribution in [1.29, 1.82) is 0 Å². The first-order valence-electron chi connectivity index (χ1n) is 7.36. The molecular weight excluding hydrogens is 363 g/mol. The van der Waals surface area contributed by atoms with Crippen LogP contribution in [0.5, 0.6) is 10.9 Å². The van der Waals surface area contributed by atoms with Crippen LogP contribution in [0.4, 0.5) is 4.39 Å². The first-order chi connectivity index (χ1) is 11.9. The summed E-state index contributed by atoms with van der Waals surface area (Å²) < 4.78 is 45.9. The van der Waals surface area contributed by atoms with E-state index in [9.17, 15) is 12.8 Å². The molecule has 3 rings (SSSR count). The van der Waals surface area contributed by atoms with E-state index in [0.717, 1.165) is 11.6 Å². The lowest BCUT2D eigenvalue weighted by Crippen LogP contribution is -2.23. The summed E-state index contributed by atoms with van der Waals surface area (Å²) >= 11 is 1.38. The molecule has 3 aromatic rings. The lowest BCUT2D eigenvalue weighted by Gasteiger charge is -2.09. The number of ether oxygens (including phenoxy) is 1. The molecule has 2 aromatic carbocycles. The van der Waals surface area contributed by atoms with Crippen LogP contribution in [-0.2, 0) is 16.6 Å². The van der Waals surface area contributed by atoms with E-state index in [4.69, 9.17) is 4.74 Å². The molecule has 0 amide bonds. The van der Waals surface area contributed by atoms with Gasteiger partial charge < -0.3 is 4.74 Å². The lowest BCUT2D eigenvalue weighted by molar-refractivity contribution is 0.478. The number of rotatable bonds is 6. The Balaban J connectivity index is 1.65. The number of benzene rings is 2. The molecule has 0 fully saturated rings. The molecule has 25 heavy (non-hydrogen) atoms. The third-order valence-corrected chi connectivity index (χ3v) is 5.49. The summed E-state index contributed by atoms with van der Waals surface area (Å²) in [6, 6.07) is 10.7. The summed E-state index contributed by atoms with van der Waals surface area (Å²) in [6.45, 7) is 1.64. The highest BCUT2D eigenvalue weighted by molar-refractivity contribution is 7.89. The number of sulfonamides is 1. The molecule has 1 heterocycles. The van der Waals surface area contributed by atoms with Crippen LogP contribution in [0.15, 0.2) is 58.9 Å². The Morgan fingerprint density at radius 2 is 1.96 bits per heavy atom. The van der Waals surface area contributed by atoms with Gasteiger partial charge in [-0.1, -0.05) is 23.5 Å². The minimum absolute atomic E-state index is 0.0372. The Morgan fingerprint density at radius 3 is 2.60 bits per heavy atom. The monoisotopic (exact) mass is 378 g/mol. The van der Waals surface area contributed by atoms with E-state index in [2.05, 4.69) is 9.71 Å². The van der Waals surface area contributed by atoms with Crippen LogP contribution >= 0.6 is 11.3 Å². The number of hydrogen-bond donors (Lipinski definition) is 1. The summed E-state index contributed by atoms with van der Waals surface area (Å²) in [6.07, 6.45) is 1.65. The molecule has 0 aliphatic carbocycles. The second-order valence-electron chi connectivity index (χ2n) is 5.28. The number of aromatic nitrogens is 1. The minimum atomic E-state index is -3.71. The van der Waals surface area contributed by atoms with Gasteiger partial charge in [0.25, 0.3) is 5.19 Å². The van der Waals surface area contributed by atoms with E-state index >= 15 is 0 Å². The fraction of sp³-hybridized carbons (Fsp3) is 0.118. The van der Waals surface area contributed by atoms with Crippen molar-refractivity contribution in [2.45, 2.75) is 18.4 Å². The van der Waals surface area contributed by atoms with Crippen molar-refractivity contribution >= 4 is 21.4 Å². The van der Waals surface area contributed by atoms with Crippen LogP contribution in [0.3, 0.4) is 0 Å².